The van der Waals surface area contributed by atoms with Crippen molar-refractivity contribution >= 4 is 17.2 Å². The summed E-state index contributed by atoms with van der Waals surface area (Å²) in [4.78, 5) is 14.1. The van der Waals surface area contributed by atoms with Gasteiger partial charge in [0.15, 0.2) is 12.1 Å². The van der Waals surface area contributed by atoms with E-state index in [-0.39, 0.29) is 12.3 Å². The van der Waals surface area contributed by atoms with Crippen LogP contribution >= 0.6 is 0 Å². The average Bonchev–Trinajstić information content (AvgIpc) is 2.75. The lowest BCUT2D eigenvalue weighted by atomic mass is 9.88. The number of fused-ring (bicyclic) bond motifs is 4. The Balaban J connectivity index is 1.78. The number of nitrogens with one attached hydrogen (secondary N) is 2. The Morgan fingerprint density at radius 1 is 1.28 bits per heavy atom. The third kappa shape index (κ3) is 1.32. The van der Waals surface area contributed by atoms with Gasteiger partial charge in [0.2, 0.25) is 0 Å². The molecule has 1 saturated carbocycles. The molecule has 0 saturated heterocycles. The van der Waals surface area contributed by atoms with Gasteiger partial charge in [-0.05, 0) is 25.0 Å². The van der Waals surface area contributed by atoms with Crippen LogP contribution in [0.15, 0.2) is 36.0 Å². The molecular weight excluding hydrogens is 226 g/mol. The molecule has 0 aromatic heterocycles. The summed E-state index contributed by atoms with van der Waals surface area (Å²) in [5, 5.41) is 6.96. The van der Waals surface area contributed by atoms with Crippen LogP contribution in [0.1, 0.15) is 19.3 Å². The first kappa shape index (κ1) is 10.1. The number of benzene rings is 1. The first-order valence-electron chi connectivity index (χ1n) is 6.48. The van der Waals surface area contributed by atoms with Crippen LogP contribution in [0.5, 0.6) is 0 Å². The summed E-state index contributed by atoms with van der Waals surface area (Å²) in [7, 11) is 0. The lowest BCUT2D eigenvalue weighted by Gasteiger charge is -2.37. The molecule has 4 nitrogen and oxygen atoms in total. The molecular formula is C14H15N3O. The molecule has 0 spiro atoms. The number of carbonyl (C=O) groups excluding carboxylic acids is 1. The molecule has 0 radical (unpaired) electrons. The van der Waals surface area contributed by atoms with Crippen molar-refractivity contribution in [2.45, 2.75) is 31.6 Å². The van der Waals surface area contributed by atoms with E-state index in [9.17, 15) is 4.79 Å². The van der Waals surface area contributed by atoms with Crippen LogP contribution in [0, 0.1) is 0 Å². The van der Waals surface area contributed by atoms with Gasteiger partial charge in [0.1, 0.15) is 0 Å². The lowest BCUT2D eigenvalue weighted by molar-refractivity contribution is -0.116. The van der Waals surface area contributed by atoms with Gasteiger partial charge >= 0.3 is 0 Å². The highest BCUT2D eigenvalue weighted by atomic mass is 16.1. The van der Waals surface area contributed by atoms with E-state index in [1.54, 1.807) is 0 Å². The van der Waals surface area contributed by atoms with E-state index in [0.29, 0.717) is 12.2 Å². The Morgan fingerprint density at radius 2 is 2.17 bits per heavy atom. The Kier molecular flexibility index (Phi) is 2.02. The molecule has 2 aliphatic heterocycles. The van der Waals surface area contributed by atoms with Crippen molar-refractivity contribution in [3.8, 4) is 0 Å². The number of nitrogens with zero attached hydrogens (tertiary/aromatic N) is 1. The van der Waals surface area contributed by atoms with Crippen molar-refractivity contribution in [1.29, 1.82) is 0 Å². The number of Topliss-reactive ketones (excluding diaryl/α,β-unsaturated/α-hetero) is 1. The van der Waals surface area contributed by atoms with Crippen molar-refractivity contribution in [3.05, 3.63) is 36.0 Å². The Morgan fingerprint density at radius 3 is 3.11 bits per heavy atom. The van der Waals surface area contributed by atoms with Gasteiger partial charge < -0.3 is 10.2 Å². The van der Waals surface area contributed by atoms with Gasteiger partial charge in [0.05, 0.1) is 11.4 Å². The molecule has 2 N–H and O–H groups in total. The number of rotatable bonds is 0. The zero-order chi connectivity index (χ0) is 12.1. The number of anilines is 2. The molecule has 1 fully saturated rings. The van der Waals surface area contributed by atoms with Crippen molar-refractivity contribution in [3.63, 3.8) is 0 Å². The fourth-order valence-electron chi connectivity index (χ4n) is 3.08. The van der Waals surface area contributed by atoms with E-state index in [4.69, 9.17) is 0 Å². The standard InChI is InChI=1S/C14H15N3O/c18-13-7-3-5-10-9(13)8-17-12-6-2-1-4-11(12)16-14(17)15-10/h1-2,4,6,8,10,14-16H,3,5,7H2. The summed E-state index contributed by atoms with van der Waals surface area (Å²) >= 11 is 0. The van der Waals surface area contributed by atoms with Crippen LogP contribution in [0.4, 0.5) is 11.4 Å². The summed E-state index contributed by atoms with van der Waals surface area (Å²) in [5.74, 6) is 0.293. The van der Waals surface area contributed by atoms with E-state index in [2.05, 4.69) is 27.7 Å². The number of hydrogen-bond acceptors (Lipinski definition) is 4. The van der Waals surface area contributed by atoms with E-state index in [1.165, 1.54) is 0 Å². The van der Waals surface area contributed by atoms with E-state index in [0.717, 1.165) is 29.8 Å². The lowest BCUT2D eigenvalue weighted by Crippen LogP contribution is -2.55. The molecule has 2 unspecified atom stereocenters. The first-order valence-corrected chi connectivity index (χ1v) is 6.48. The molecule has 1 aromatic rings. The van der Waals surface area contributed by atoms with Gasteiger partial charge in [0, 0.05) is 24.2 Å². The summed E-state index contributed by atoms with van der Waals surface area (Å²) in [5.41, 5.74) is 3.20. The highest BCUT2D eigenvalue weighted by Gasteiger charge is 2.37. The second kappa shape index (κ2) is 3.59. The van der Waals surface area contributed by atoms with Crippen molar-refractivity contribution in [1.82, 2.24) is 5.32 Å². The molecule has 18 heavy (non-hydrogen) atoms. The SMILES string of the molecule is O=C1CCCC2NC3Nc4ccccc4N3C=C12. The molecule has 4 rings (SSSR count). The van der Waals surface area contributed by atoms with E-state index < -0.39 is 0 Å². The summed E-state index contributed by atoms with van der Waals surface area (Å²) in [6, 6.07) is 8.41. The molecule has 92 valence electrons. The number of para-hydroxylation sites is 2. The largest absolute Gasteiger partial charge is 0.351 e. The molecule has 2 atom stereocenters. The molecule has 2 heterocycles. The Hall–Kier alpha value is -1.81. The zero-order valence-corrected chi connectivity index (χ0v) is 10.0. The van der Waals surface area contributed by atoms with Crippen LogP contribution in [-0.4, -0.2) is 18.1 Å². The van der Waals surface area contributed by atoms with Crippen LogP contribution in [-0.2, 0) is 4.79 Å². The summed E-state index contributed by atoms with van der Waals surface area (Å²) in [6.07, 6.45) is 4.86. The van der Waals surface area contributed by atoms with Gasteiger partial charge in [-0.3, -0.25) is 10.1 Å². The second-order valence-electron chi connectivity index (χ2n) is 5.09. The molecule has 0 bridgehead atoms. The third-order valence-corrected chi connectivity index (χ3v) is 3.98. The predicted octanol–water partition coefficient (Wildman–Crippen LogP) is 1.81. The van der Waals surface area contributed by atoms with Crippen LogP contribution in [0.3, 0.4) is 0 Å². The maximum absolute atomic E-state index is 12.0. The minimum Gasteiger partial charge on any atom is -0.351 e. The maximum atomic E-state index is 12.0. The predicted molar refractivity (Wildman–Crippen MR) is 70.2 cm³/mol. The number of hydrogen-bond donors (Lipinski definition) is 2. The summed E-state index contributed by atoms with van der Waals surface area (Å²) < 4.78 is 0. The van der Waals surface area contributed by atoms with E-state index >= 15 is 0 Å². The number of ketones is 1. The van der Waals surface area contributed by atoms with E-state index in [1.807, 2.05) is 18.3 Å². The van der Waals surface area contributed by atoms with Crippen molar-refractivity contribution in [2.24, 2.45) is 0 Å². The molecule has 3 aliphatic rings. The van der Waals surface area contributed by atoms with Crippen LogP contribution in [0.25, 0.3) is 0 Å². The minimum atomic E-state index is 0.0852. The highest BCUT2D eigenvalue weighted by Crippen LogP contribution is 2.37. The maximum Gasteiger partial charge on any atom is 0.161 e. The average molecular weight is 241 g/mol. The fraction of sp³-hybridized carbons (Fsp3) is 0.357. The van der Waals surface area contributed by atoms with Gasteiger partial charge in [-0.15, -0.1) is 0 Å². The zero-order valence-electron chi connectivity index (χ0n) is 10.0. The van der Waals surface area contributed by atoms with Crippen molar-refractivity contribution < 1.29 is 4.79 Å². The first-order chi connectivity index (χ1) is 8.83. The topological polar surface area (TPSA) is 44.4 Å². The third-order valence-electron chi connectivity index (χ3n) is 3.98. The molecule has 4 heteroatoms. The normalized spacial score (nSPS) is 29.0. The fourth-order valence-corrected chi connectivity index (χ4v) is 3.08. The van der Waals surface area contributed by atoms with Gasteiger partial charge in [-0.25, -0.2) is 0 Å². The second-order valence-corrected chi connectivity index (χ2v) is 5.09. The van der Waals surface area contributed by atoms with Gasteiger partial charge in [-0.1, -0.05) is 12.1 Å². The van der Waals surface area contributed by atoms with Crippen molar-refractivity contribution in [2.75, 3.05) is 10.2 Å². The van der Waals surface area contributed by atoms with Crippen LogP contribution in [0.2, 0.25) is 0 Å². The Labute approximate surface area is 106 Å². The van der Waals surface area contributed by atoms with Gasteiger partial charge in [0.25, 0.3) is 0 Å². The monoisotopic (exact) mass is 241 g/mol. The minimum absolute atomic E-state index is 0.0852. The number of carbonyl (C=O) groups is 1. The van der Waals surface area contributed by atoms with Crippen LogP contribution < -0.4 is 15.5 Å². The quantitative estimate of drug-likeness (QED) is 0.727. The van der Waals surface area contributed by atoms with Gasteiger partial charge in [-0.2, -0.15) is 0 Å². The smallest absolute Gasteiger partial charge is 0.161 e. The Bertz CT molecular complexity index is 552. The molecule has 1 aliphatic carbocycles. The molecule has 0 amide bonds. The summed E-state index contributed by atoms with van der Waals surface area (Å²) in [6.45, 7) is 0. The molecule has 1 aromatic carbocycles. The highest BCUT2D eigenvalue weighted by molar-refractivity contribution is 5.98.